The fourth-order valence-corrected chi connectivity index (χ4v) is 6.45. The normalized spacial score (nSPS) is 15.0. The van der Waals surface area contributed by atoms with Crippen molar-refractivity contribution in [3.05, 3.63) is 89.2 Å². The molecule has 0 saturated carbocycles. The average molecular weight is 707 g/mol. The molecule has 0 aromatic heterocycles. The van der Waals surface area contributed by atoms with E-state index in [0.29, 0.717) is 11.1 Å². The highest BCUT2D eigenvalue weighted by Crippen LogP contribution is 2.38. The van der Waals surface area contributed by atoms with Crippen molar-refractivity contribution in [3.8, 4) is 11.5 Å². The number of carbonyl (C=O) groups excluding carboxylic acids is 2. The Kier molecular flexibility index (Phi) is 10.5. The number of nitrogens with one attached hydrogen (secondary N) is 1. The van der Waals surface area contributed by atoms with E-state index in [9.17, 15) is 48.7 Å². The second-order valence-corrected chi connectivity index (χ2v) is 12.7. The van der Waals surface area contributed by atoms with E-state index < -0.39 is 70.0 Å². The Morgan fingerprint density at radius 3 is 1.79 bits per heavy atom. The molecule has 1 heterocycles. The molecule has 18 heteroatoms. The molecule has 1 aliphatic rings. The van der Waals surface area contributed by atoms with Crippen molar-refractivity contribution in [2.45, 2.75) is 44.2 Å². The van der Waals surface area contributed by atoms with E-state index >= 15 is 0 Å². The SMILES string of the molecule is CC[C@H](NC(=O)c1cc(F)cc(N(C2CN(C(c3ccc(OC(F)(F)F)cc3)c3ccc(OC(F)(F)F)cc3)C2)S(C)(=O)=O)c1)C(N)=O. The summed E-state index contributed by atoms with van der Waals surface area (Å²) < 4.78 is 126. The first kappa shape index (κ1) is 36.3. The lowest BCUT2D eigenvalue weighted by Crippen LogP contribution is -2.61. The van der Waals surface area contributed by atoms with Crippen molar-refractivity contribution in [1.82, 2.24) is 10.2 Å². The van der Waals surface area contributed by atoms with Crippen LogP contribution < -0.4 is 24.8 Å². The van der Waals surface area contributed by atoms with Crippen LogP contribution in [0.2, 0.25) is 0 Å². The van der Waals surface area contributed by atoms with Crippen LogP contribution >= 0.6 is 0 Å². The number of sulfonamides is 1. The van der Waals surface area contributed by atoms with Crippen LogP contribution in [0, 0.1) is 5.82 Å². The van der Waals surface area contributed by atoms with E-state index in [1.807, 2.05) is 0 Å². The topological polar surface area (TPSA) is 131 Å². The molecule has 260 valence electrons. The van der Waals surface area contributed by atoms with Gasteiger partial charge >= 0.3 is 12.7 Å². The van der Waals surface area contributed by atoms with Gasteiger partial charge in [-0.25, -0.2) is 12.8 Å². The second kappa shape index (κ2) is 13.9. The third-order valence-electron chi connectivity index (χ3n) is 7.26. The smallest absolute Gasteiger partial charge is 0.406 e. The van der Waals surface area contributed by atoms with E-state index in [4.69, 9.17) is 5.73 Å². The Morgan fingerprint density at radius 1 is 0.917 bits per heavy atom. The van der Waals surface area contributed by atoms with Gasteiger partial charge in [0.2, 0.25) is 15.9 Å². The largest absolute Gasteiger partial charge is 0.573 e. The van der Waals surface area contributed by atoms with Gasteiger partial charge in [-0.2, -0.15) is 0 Å². The summed E-state index contributed by atoms with van der Waals surface area (Å²) in [5.74, 6) is -3.68. The average Bonchev–Trinajstić information content (AvgIpc) is 2.93. The fourth-order valence-electron chi connectivity index (χ4n) is 5.29. The van der Waals surface area contributed by atoms with Crippen LogP contribution in [0.15, 0.2) is 66.7 Å². The zero-order valence-electron chi connectivity index (χ0n) is 25.2. The van der Waals surface area contributed by atoms with Gasteiger partial charge in [-0.15, -0.1) is 26.3 Å². The number of nitrogens with two attached hydrogens (primary N) is 1. The van der Waals surface area contributed by atoms with Crippen LogP contribution in [0.3, 0.4) is 0 Å². The van der Waals surface area contributed by atoms with Gasteiger partial charge in [-0.1, -0.05) is 31.2 Å². The monoisotopic (exact) mass is 706 g/mol. The highest BCUT2D eigenvalue weighted by molar-refractivity contribution is 7.92. The van der Waals surface area contributed by atoms with E-state index in [0.717, 1.165) is 53.0 Å². The first-order chi connectivity index (χ1) is 22.2. The molecule has 1 atom stereocenters. The molecule has 0 aliphatic carbocycles. The number of primary amides is 1. The van der Waals surface area contributed by atoms with Gasteiger partial charge in [0.05, 0.1) is 24.0 Å². The van der Waals surface area contributed by atoms with Crippen molar-refractivity contribution in [2.75, 3.05) is 23.7 Å². The minimum atomic E-state index is -4.95. The van der Waals surface area contributed by atoms with Gasteiger partial charge in [0, 0.05) is 18.7 Å². The number of benzene rings is 3. The summed E-state index contributed by atoms with van der Waals surface area (Å²) in [4.78, 5) is 26.1. The highest BCUT2D eigenvalue weighted by atomic mass is 32.2. The van der Waals surface area contributed by atoms with Gasteiger partial charge in [-0.3, -0.25) is 18.8 Å². The van der Waals surface area contributed by atoms with Gasteiger partial charge in [0.1, 0.15) is 23.4 Å². The Morgan fingerprint density at radius 2 is 1.40 bits per heavy atom. The number of amides is 2. The molecule has 1 fully saturated rings. The molecule has 1 saturated heterocycles. The summed E-state index contributed by atoms with van der Waals surface area (Å²) in [5.41, 5.74) is 5.57. The summed E-state index contributed by atoms with van der Waals surface area (Å²) in [5, 5.41) is 2.36. The molecule has 3 N–H and O–H groups in total. The maximum atomic E-state index is 14.8. The second-order valence-electron chi connectivity index (χ2n) is 10.8. The molecule has 3 aromatic carbocycles. The first-order valence-corrected chi connectivity index (χ1v) is 15.9. The Hall–Kier alpha value is -4.58. The number of halogens is 7. The van der Waals surface area contributed by atoms with Crippen LogP contribution in [-0.4, -0.2) is 69.3 Å². The zero-order chi connectivity index (χ0) is 35.6. The molecule has 0 radical (unpaired) electrons. The van der Waals surface area contributed by atoms with Gasteiger partial charge < -0.3 is 20.5 Å². The predicted molar refractivity (Wildman–Crippen MR) is 158 cm³/mol. The van der Waals surface area contributed by atoms with Crippen molar-refractivity contribution >= 4 is 27.5 Å². The van der Waals surface area contributed by atoms with Crippen LogP contribution in [-0.2, 0) is 14.8 Å². The van der Waals surface area contributed by atoms with E-state index in [2.05, 4.69) is 14.8 Å². The summed E-state index contributed by atoms with van der Waals surface area (Å²) >= 11 is 0. The molecule has 0 bridgehead atoms. The molecule has 3 aromatic rings. The molecular weight excluding hydrogens is 677 g/mol. The lowest BCUT2D eigenvalue weighted by atomic mass is 9.92. The highest BCUT2D eigenvalue weighted by Gasteiger charge is 2.41. The third-order valence-corrected chi connectivity index (χ3v) is 8.48. The van der Waals surface area contributed by atoms with Crippen molar-refractivity contribution in [3.63, 3.8) is 0 Å². The molecular formula is C30H29F7N4O6S. The number of alkyl halides is 6. The Balaban J connectivity index is 1.64. The summed E-state index contributed by atoms with van der Waals surface area (Å²) in [6.45, 7) is 1.52. The number of anilines is 1. The Bertz CT molecular complexity index is 1670. The molecule has 0 spiro atoms. The van der Waals surface area contributed by atoms with Gasteiger partial charge in [0.25, 0.3) is 5.91 Å². The molecule has 0 unspecified atom stereocenters. The lowest BCUT2D eigenvalue weighted by Gasteiger charge is -2.48. The number of rotatable bonds is 12. The number of ether oxygens (including phenoxy) is 2. The number of hydrogen-bond acceptors (Lipinski definition) is 7. The minimum Gasteiger partial charge on any atom is -0.406 e. The summed E-state index contributed by atoms with van der Waals surface area (Å²) in [6.07, 6.45) is -8.89. The van der Waals surface area contributed by atoms with Crippen LogP contribution in [0.25, 0.3) is 0 Å². The van der Waals surface area contributed by atoms with E-state index in [1.54, 1.807) is 11.8 Å². The molecule has 48 heavy (non-hydrogen) atoms. The molecule has 10 nitrogen and oxygen atoms in total. The van der Waals surface area contributed by atoms with Crippen molar-refractivity contribution in [1.29, 1.82) is 0 Å². The van der Waals surface area contributed by atoms with Crippen LogP contribution in [0.4, 0.5) is 36.4 Å². The van der Waals surface area contributed by atoms with E-state index in [1.165, 1.54) is 24.3 Å². The number of likely N-dealkylation sites (tertiary alicyclic amines) is 1. The molecule has 1 aliphatic heterocycles. The summed E-state index contributed by atoms with van der Waals surface area (Å²) in [6, 6.07) is 9.69. The number of hydrogen-bond donors (Lipinski definition) is 2. The van der Waals surface area contributed by atoms with Gasteiger partial charge in [-0.05, 0) is 60.0 Å². The van der Waals surface area contributed by atoms with Crippen LogP contribution in [0.1, 0.15) is 40.9 Å². The standard InChI is InChI=1S/C30H29F7N4O6S/c1-3-25(27(38)42)39-28(43)19-12-20(31)14-21(13-19)41(48(2,44)45)22-15-40(16-22)26(17-4-8-23(9-5-17)46-29(32,33)34)18-6-10-24(11-7-18)47-30(35,36)37/h4-14,22,25-26H,3,15-16H2,1-2H3,(H2,38,42)(H,39,43)/t25-/m0/s1. The zero-order valence-corrected chi connectivity index (χ0v) is 26.0. The maximum Gasteiger partial charge on any atom is 0.573 e. The van der Waals surface area contributed by atoms with Gasteiger partial charge in [0.15, 0.2) is 0 Å². The summed E-state index contributed by atoms with van der Waals surface area (Å²) in [7, 11) is -4.11. The molecule has 4 rings (SSSR count). The number of nitrogens with zero attached hydrogens (tertiary/aromatic N) is 2. The first-order valence-electron chi connectivity index (χ1n) is 14.1. The minimum absolute atomic E-state index is 0.0308. The van der Waals surface area contributed by atoms with Crippen molar-refractivity contribution < 1.29 is 58.2 Å². The fraction of sp³-hybridized carbons (Fsp3) is 0.333. The lowest BCUT2D eigenvalue weighted by molar-refractivity contribution is -0.275. The van der Waals surface area contributed by atoms with E-state index in [-0.39, 0.29) is 30.8 Å². The third kappa shape index (κ3) is 9.27. The van der Waals surface area contributed by atoms with Crippen LogP contribution in [0.5, 0.6) is 11.5 Å². The van der Waals surface area contributed by atoms with Crippen molar-refractivity contribution in [2.24, 2.45) is 5.73 Å². The molecule has 2 amide bonds. The Labute approximate surface area is 270 Å². The quantitative estimate of drug-likeness (QED) is 0.258. The predicted octanol–water partition coefficient (Wildman–Crippen LogP) is 4.86. The maximum absolute atomic E-state index is 14.8. The number of carbonyl (C=O) groups is 2.